The number of hydrogen-bond donors (Lipinski definition) is 1. The van der Waals surface area contributed by atoms with Gasteiger partial charge in [0, 0.05) is 26.0 Å². The molecule has 1 heterocycles. The van der Waals surface area contributed by atoms with E-state index in [1.807, 2.05) is 31.2 Å². The Morgan fingerprint density at radius 1 is 1.07 bits per heavy atom. The molecule has 3 aromatic rings. The van der Waals surface area contributed by atoms with Crippen LogP contribution in [0.15, 0.2) is 59.8 Å². The summed E-state index contributed by atoms with van der Waals surface area (Å²) in [7, 11) is -0.656. The first-order chi connectivity index (χ1) is 13.2. The van der Waals surface area contributed by atoms with Gasteiger partial charge in [0.2, 0.25) is 10.0 Å². The molecule has 0 aliphatic heterocycles. The van der Waals surface area contributed by atoms with Crippen LogP contribution >= 0.6 is 0 Å². The monoisotopic (exact) mass is 398 g/mol. The number of benzene rings is 2. The van der Waals surface area contributed by atoms with E-state index in [2.05, 4.69) is 10.4 Å². The Morgan fingerprint density at radius 2 is 1.79 bits per heavy atom. The van der Waals surface area contributed by atoms with E-state index in [-0.39, 0.29) is 10.8 Å². The quantitative estimate of drug-likeness (QED) is 0.716. The summed E-state index contributed by atoms with van der Waals surface area (Å²) in [5.41, 5.74) is 3.50. The van der Waals surface area contributed by atoms with Gasteiger partial charge >= 0.3 is 0 Å². The second-order valence-electron chi connectivity index (χ2n) is 6.68. The third-order valence-electron chi connectivity index (χ3n) is 4.44. The molecule has 0 saturated heterocycles. The van der Waals surface area contributed by atoms with Crippen LogP contribution < -0.4 is 5.32 Å². The number of aryl methyl sites for hydroxylation is 2. The van der Waals surface area contributed by atoms with Crippen LogP contribution in [0.3, 0.4) is 0 Å². The van der Waals surface area contributed by atoms with Crippen molar-refractivity contribution in [2.75, 3.05) is 19.4 Å². The van der Waals surface area contributed by atoms with Crippen molar-refractivity contribution in [2.45, 2.75) is 18.7 Å². The Labute approximate surface area is 164 Å². The highest BCUT2D eigenvalue weighted by atomic mass is 32.2. The highest BCUT2D eigenvalue weighted by molar-refractivity contribution is 7.89. The molecule has 2 aromatic carbocycles. The smallest absolute Gasteiger partial charge is 0.258 e. The first kappa shape index (κ1) is 19.8. The highest BCUT2D eigenvalue weighted by Crippen LogP contribution is 2.23. The number of carbonyl (C=O) groups is 1. The van der Waals surface area contributed by atoms with Crippen molar-refractivity contribution in [2.24, 2.45) is 0 Å². The van der Waals surface area contributed by atoms with Crippen molar-refractivity contribution in [3.63, 3.8) is 0 Å². The number of nitrogens with one attached hydrogen (secondary N) is 1. The van der Waals surface area contributed by atoms with Gasteiger partial charge in [0.25, 0.3) is 5.91 Å². The molecule has 0 saturated carbocycles. The van der Waals surface area contributed by atoms with E-state index in [1.54, 1.807) is 23.9 Å². The summed E-state index contributed by atoms with van der Waals surface area (Å²) >= 11 is 0. The largest absolute Gasteiger partial charge is 0.322 e. The predicted octanol–water partition coefficient (Wildman–Crippen LogP) is 2.99. The average Bonchev–Trinajstić information content (AvgIpc) is 3.13. The predicted molar refractivity (Wildman–Crippen MR) is 108 cm³/mol. The lowest BCUT2D eigenvalue weighted by atomic mass is 10.2. The molecule has 146 valence electrons. The fourth-order valence-electron chi connectivity index (χ4n) is 2.69. The van der Waals surface area contributed by atoms with E-state index in [1.165, 1.54) is 32.4 Å². The summed E-state index contributed by atoms with van der Waals surface area (Å²) in [6, 6.07) is 12.4. The lowest BCUT2D eigenvalue weighted by Crippen LogP contribution is -2.22. The van der Waals surface area contributed by atoms with Crippen molar-refractivity contribution in [1.82, 2.24) is 14.1 Å². The van der Waals surface area contributed by atoms with E-state index in [4.69, 9.17) is 0 Å². The van der Waals surface area contributed by atoms with E-state index in [9.17, 15) is 13.2 Å². The molecule has 1 aromatic heterocycles. The molecular formula is C20H22N4O3S. The van der Waals surface area contributed by atoms with Crippen LogP contribution in [0.25, 0.3) is 5.69 Å². The van der Waals surface area contributed by atoms with Crippen LogP contribution in [0.4, 0.5) is 5.69 Å². The SMILES string of the molecule is Cc1ccc(S(=O)(=O)N(C)C)cc1NC(=O)c1cnn(-c2ccccc2C)c1. The number of carbonyl (C=O) groups excluding carboxylic acids is 1. The summed E-state index contributed by atoms with van der Waals surface area (Å²) in [5, 5.41) is 7.05. The summed E-state index contributed by atoms with van der Waals surface area (Å²) in [6.07, 6.45) is 3.13. The molecule has 0 aliphatic carbocycles. The van der Waals surface area contributed by atoms with Gasteiger partial charge in [-0.25, -0.2) is 17.4 Å². The van der Waals surface area contributed by atoms with E-state index in [0.717, 1.165) is 21.1 Å². The van der Waals surface area contributed by atoms with Crippen LogP contribution in [-0.2, 0) is 10.0 Å². The number of hydrogen-bond acceptors (Lipinski definition) is 4. The highest BCUT2D eigenvalue weighted by Gasteiger charge is 2.19. The van der Waals surface area contributed by atoms with Gasteiger partial charge in [0.1, 0.15) is 0 Å². The zero-order valence-electron chi connectivity index (χ0n) is 16.2. The zero-order valence-corrected chi connectivity index (χ0v) is 17.0. The third-order valence-corrected chi connectivity index (χ3v) is 6.25. The van der Waals surface area contributed by atoms with Crippen LogP contribution in [0.5, 0.6) is 0 Å². The van der Waals surface area contributed by atoms with Gasteiger partial charge in [0.15, 0.2) is 0 Å². The van der Waals surface area contributed by atoms with E-state index in [0.29, 0.717) is 11.3 Å². The maximum atomic E-state index is 12.7. The molecule has 7 nitrogen and oxygen atoms in total. The molecule has 0 fully saturated rings. The molecule has 8 heteroatoms. The number of para-hydroxylation sites is 1. The zero-order chi connectivity index (χ0) is 20.5. The number of aromatic nitrogens is 2. The minimum atomic E-state index is -3.59. The van der Waals surface area contributed by atoms with Gasteiger partial charge in [-0.15, -0.1) is 0 Å². The lowest BCUT2D eigenvalue weighted by molar-refractivity contribution is 0.102. The number of amides is 1. The van der Waals surface area contributed by atoms with Crippen molar-refractivity contribution in [3.8, 4) is 5.69 Å². The van der Waals surface area contributed by atoms with Crippen molar-refractivity contribution in [3.05, 3.63) is 71.5 Å². The standard InChI is InChI=1S/C20H22N4O3S/c1-14-9-10-17(28(26,27)23(3)4)11-18(14)22-20(25)16-12-21-24(13-16)19-8-6-5-7-15(19)2/h5-13H,1-4H3,(H,22,25). The number of nitrogens with zero attached hydrogens (tertiary/aromatic N) is 3. The number of rotatable bonds is 5. The number of anilines is 1. The van der Waals surface area contributed by atoms with Gasteiger partial charge in [-0.3, -0.25) is 4.79 Å². The van der Waals surface area contributed by atoms with Crippen LogP contribution in [0.1, 0.15) is 21.5 Å². The second kappa shape index (κ2) is 7.57. The minimum absolute atomic E-state index is 0.119. The summed E-state index contributed by atoms with van der Waals surface area (Å²) < 4.78 is 27.5. The molecule has 0 bridgehead atoms. The van der Waals surface area contributed by atoms with E-state index >= 15 is 0 Å². The molecule has 1 amide bonds. The van der Waals surface area contributed by atoms with Crippen molar-refractivity contribution >= 4 is 21.6 Å². The van der Waals surface area contributed by atoms with Gasteiger partial charge in [-0.05, 0) is 43.2 Å². The average molecular weight is 398 g/mol. The molecule has 0 atom stereocenters. The van der Waals surface area contributed by atoms with Gasteiger partial charge in [-0.1, -0.05) is 24.3 Å². The molecular weight excluding hydrogens is 376 g/mol. The summed E-state index contributed by atoms with van der Waals surface area (Å²) in [4.78, 5) is 12.8. The van der Waals surface area contributed by atoms with Crippen LogP contribution in [0.2, 0.25) is 0 Å². The van der Waals surface area contributed by atoms with Crippen LogP contribution in [-0.4, -0.2) is 42.5 Å². The molecule has 0 unspecified atom stereocenters. The molecule has 1 N–H and O–H groups in total. The van der Waals surface area contributed by atoms with Gasteiger partial charge < -0.3 is 5.32 Å². The minimum Gasteiger partial charge on any atom is -0.322 e. The summed E-state index contributed by atoms with van der Waals surface area (Å²) in [6.45, 7) is 3.77. The second-order valence-corrected chi connectivity index (χ2v) is 8.83. The Bertz CT molecular complexity index is 1130. The number of sulfonamides is 1. The van der Waals surface area contributed by atoms with Crippen molar-refractivity contribution < 1.29 is 13.2 Å². The Morgan fingerprint density at radius 3 is 2.46 bits per heavy atom. The Hall–Kier alpha value is -2.97. The maximum Gasteiger partial charge on any atom is 0.258 e. The maximum absolute atomic E-state index is 12.7. The summed E-state index contributed by atoms with van der Waals surface area (Å²) in [5.74, 6) is -0.359. The topological polar surface area (TPSA) is 84.3 Å². The Kier molecular flexibility index (Phi) is 5.35. The molecule has 0 radical (unpaired) electrons. The molecule has 3 rings (SSSR count). The molecule has 0 aliphatic rings. The third kappa shape index (κ3) is 3.83. The Balaban J connectivity index is 1.87. The normalized spacial score (nSPS) is 11.6. The van der Waals surface area contributed by atoms with E-state index < -0.39 is 10.0 Å². The fraction of sp³-hybridized carbons (Fsp3) is 0.200. The first-order valence-electron chi connectivity index (χ1n) is 8.65. The van der Waals surface area contributed by atoms with Crippen molar-refractivity contribution in [1.29, 1.82) is 0 Å². The lowest BCUT2D eigenvalue weighted by Gasteiger charge is -2.14. The first-order valence-corrected chi connectivity index (χ1v) is 10.1. The fourth-order valence-corrected chi connectivity index (χ4v) is 3.62. The van der Waals surface area contributed by atoms with Gasteiger partial charge in [0.05, 0.1) is 22.3 Å². The molecule has 0 spiro atoms. The van der Waals surface area contributed by atoms with Gasteiger partial charge in [-0.2, -0.15) is 5.10 Å². The molecule has 28 heavy (non-hydrogen) atoms. The van der Waals surface area contributed by atoms with Crippen LogP contribution in [0, 0.1) is 13.8 Å².